The first-order valence-corrected chi connectivity index (χ1v) is 9.03. The van der Waals surface area contributed by atoms with E-state index in [-0.39, 0.29) is 0 Å². The number of imidazole rings is 1. The van der Waals surface area contributed by atoms with Crippen LogP contribution in [0.25, 0.3) is 26.7 Å². The molecule has 0 amide bonds. The fraction of sp³-hybridized carbons (Fsp3) is 0.150. The molecule has 2 heterocycles. The van der Waals surface area contributed by atoms with Crippen LogP contribution in [0.3, 0.4) is 0 Å². The zero-order valence-electron chi connectivity index (χ0n) is 14.3. The van der Waals surface area contributed by atoms with Gasteiger partial charge in [-0.25, -0.2) is 4.98 Å². The highest BCUT2D eigenvalue weighted by Crippen LogP contribution is 2.33. The second-order valence-corrected chi connectivity index (χ2v) is 7.18. The molecule has 0 aliphatic heterocycles. The van der Waals surface area contributed by atoms with Crippen LogP contribution < -0.4 is 10.6 Å². The maximum atomic E-state index is 6.06. The molecule has 0 fully saturated rings. The molecule has 4 nitrogen and oxygen atoms in total. The lowest BCUT2D eigenvalue weighted by atomic mass is 10.1. The quantitative estimate of drug-likeness (QED) is 0.599. The van der Waals surface area contributed by atoms with E-state index in [1.807, 2.05) is 20.2 Å². The van der Waals surface area contributed by atoms with Crippen molar-refractivity contribution in [3.05, 3.63) is 66.5 Å². The van der Waals surface area contributed by atoms with E-state index in [2.05, 4.69) is 64.0 Å². The van der Waals surface area contributed by atoms with Crippen molar-refractivity contribution in [2.45, 2.75) is 6.54 Å². The molecule has 0 unspecified atom stereocenters. The van der Waals surface area contributed by atoms with E-state index in [4.69, 9.17) is 10.7 Å². The average molecular weight is 348 g/mol. The van der Waals surface area contributed by atoms with Gasteiger partial charge in [-0.05, 0) is 17.7 Å². The van der Waals surface area contributed by atoms with Crippen molar-refractivity contribution in [2.24, 2.45) is 5.73 Å². The van der Waals surface area contributed by atoms with E-state index in [0.717, 1.165) is 21.9 Å². The van der Waals surface area contributed by atoms with Crippen molar-refractivity contribution in [1.82, 2.24) is 9.38 Å². The standard InChI is InChI=1S/C20H20N4S/c1-23(2)16-10-8-15(9-11-16)19-17(12-21)24-13-18(25-20(24)22-19)14-6-4-3-5-7-14/h3-11,13H,12,21H2,1-2H3. The summed E-state index contributed by atoms with van der Waals surface area (Å²) in [6.07, 6.45) is 2.14. The number of rotatable bonds is 4. The van der Waals surface area contributed by atoms with Crippen molar-refractivity contribution in [3.8, 4) is 21.7 Å². The van der Waals surface area contributed by atoms with Gasteiger partial charge in [0.05, 0.1) is 16.3 Å². The number of hydrogen-bond donors (Lipinski definition) is 1. The largest absolute Gasteiger partial charge is 0.378 e. The summed E-state index contributed by atoms with van der Waals surface area (Å²) >= 11 is 1.69. The van der Waals surface area contributed by atoms with Gasteiger partial charge >= 0.3 is 0 Å². The third-order valence-corrected chi connectivity index (χ3v) is 5.37. The van der Waals surface area contributed by atoms with Crippen LogP contribution in [0.15, 0.2) is 60.8 Å². The number of nitrogens with two attached hydrogens (primary N) is 1. The Labute approximate surface area is 151 Å². The highest BCUT2D eigenvalue weighted by atomic mass is 32.1. The predicted octanol–water partition coefficient (Wildman–Crippen LogP) is 4.25. The number of hydrogen-bond acceptors (Lipinski definition) is 4. The molecule has 0 bridgehead atoms. The van der Waals surface area contributed by atoms with Gasteiger partial charge in [-0.2, -0.15) is 0 Å². The molecule has 2 aromatic heterocycles. The predicted molar refractivity (Wildman–Crippen MR) is 106 cm³/mol. The van der Waals surface area contributed by atoms with Gasteiger partial charge in [0, 0.05) is 38.1 Å². The summed E-state index contributed by atoms with van der Waals surface area (Å²) in [6.45, 7) is 0.455. The molecule has 0 saturated carbocycles. The van der Waals surface area contributed by atoms with Crippen LogP contribution in [0.5, 0.6) is 0 Å². The monoisotopic (exact) mass is 348 g/mol. The molecule has 126 valence electrons. The van der Waals surface area contributed by atoms with Gasteiger partial charge in [-0.1, -0.05) is 53.8 Å². The van der Waals surface area contributed by atoms with Crippen LogP contribution >= 0.6 is 11.3 Å². The molecule has 4 aromatic rings. The van der Waals surface area contributed by atoms with E-state index in [1.54, 1.807) is 11.3 Å². The fourth-order valence-electron chi connectivity index (χ4n) is 2.97. The number of anilines is 1. The van der Waals surface area contributed by atoms with Crippen LogP contribution in [0, 0.1) is 0 Å². The summed E-state index contributed by atoms with van der Waals surface area (Å²) in [6, 6.07) is 18.8. The number of thiazole rings is 1. The minimum Gasteiger partial charge on any atom is -0.378 e. The molecule has 0 aliphatic carbocycles. The Bertz CT molecular complexity index is 998. The summed E-state index contributed by atoms with van der Waals surface area (Å²) in [5, 5.41) is 0. The van der Waals surface area contributed by atoms with Crippen molar-refractivity contribution in [2.75, 3.05) is 19.0 Å². The molecule has 25 heavy (non-hydrogen) atoms. The first-order valence-electron chi connectivity index (χ1n) is 8.21. The number of nitrogens with zero attached hydrogens (tertiary/aromatic N) is 3. The van der Waals surface area contributed by atoms with Gasteiger partial charge in [-0.15, -0.1) is 0 Å². The Morgan fingerprint density at radius 3 is 2.36 bits per heavy atom. The second kappa shape index (κ2) is 6.35. The Morgan fingerprint density at radius 2 is 1.72 bits per heavy atom. The van der Waals surface area contributed by atoms with Crippen LogP contribution in [-0.4, -0.2) is 23.5 Å². The minimum absolute atomic E-state index is 0.455. The van der Waals surface area contributed by atoms with E-state index >= 15 is 0 Å². The molecular weight excluding hydrogens is 328 g/mol. The van der Waals surface area contributed by atoms with E-state index in [1.165, 1.54) is 16.1 Å². The molecule has 2 aromatic carbocycles. The topological polar surface area (TPSA) is 46.6 Å². The lowest BCUT2D eigenvalue weighted by Crippen LogP contribution is -2.08. The second-order valence-electron chi connectivity index (χ2n) is 6.17. The molecule has 0 aliphatic rings. The molecule has 0 atom stereocenters. The first kappa shape index (κ1) is 15.9. The Balaban J connectivity index is 1.79. The Hall–Kier alpha value is -2.63. The first-order chi connectivity index (χ1) is 12.2. The Kier molecular flexibility index (Phi) is 4.03. The maximum Gasteiger partial charge on any atom is 0.195 e. The lowest BCUT2D eigenvalue weighted by molar-refractivity contribution is 0.970. The van der Waals surface area contributed by atoms with Crippen molar-refractivity contribution < 1.29 is 0 Å². The lowest BCUT2D eigenvalue weighted by Gasteiger charge is -2.12. The van der Waals surface area contributed by atoms with Crippen molar-refractivity contribution in [3.63, 3.8) is 0 Å². The number of aromatic nitrogens is 2. The highest BCUT2D eigenvalue weighted by molar-refractivity contribution is 7.20. The third kappa shape index (κ3) is 2.81. The normalized spacial score (nSPS) is 11.2. The van der Waals surface area contributed by atoms with Crippen molar-refractivity contribution >= 4 is 22.0 Å². The van der Waals surface area contributed by atoms with Crippen LogP contribution in [0.4, 0.5) is 5.69 Å². The van der Waals surface area contributed by atoms with Crippen molar-refractivity contribution in [1.29, 1.82) is 0 Å². The third-order valence-electron chi connectivity index (χ3n) is 4.33. The van der Waals surface area contributed by atoms with E-state index < -0.39 is 0 Å². The molecule has 0 radical (unpaired) electrons. The van der Waals surface area contributed by atoms with E-state index in [9.17, 15) is 0 Å². The minimum atomic E-state index is 0.455. The van der Waals surface area contributed by atoms with Gasteiger partial charge in [0.2, 0.25) is 0 Å². The van der Waals surface area contributed by atoms with Gasteiger partial charge in [-0.3, -0.25) is 4.40 Å². The van der Waals surface area contributed by atoms with Crippen LogP contribution in [0.1, 0.15) is 5.69 Å². The maximum absolute atomic E-state index is 6.06. The fourth-order valence-corrected chi connectivity index (χ4v) is 3.98. The molecule has 4 rings (SSSR count). The summed E-state index contributed by atoms with van der Waals surface area (Å²) in [5.74, 6) is 0. The highest BCUT2D eigenvalue weighted by Gasteiger charge is 2.16. The Morgan fingerprint density at radius 1 is 1.00 bits per heavy atom. The van der Waals surface area contributed by atoms with Gasteiger partial charge in [0.1, 0.15) is 0 Å². The van der Waals surface area contributed by atoms with Crippen LogP contribution in [0.2, 0.25) is 0 Å². The molecule has 0 spiro atoms. The molecular formula is C20H20N4S. The summed E-state index contributed by atoms with van der Waals surface area (Å²) in [7, 11) is 4.08. The van der Waals surface area contributed by atoms with Gasteiger partial charge in [0.25, 0.3) is 0 Å². The molecule has 5 heteroatoms. The smallest absolute Gasteiger partial charge is 0.195 e. The average Bonchev–Trinajstić information content (AvgIpc) is 3.20. The molecule has 0 saturated heterocycles. The summed E-state index contributed by atoms with van der Waals surface area (Å²) < 4.78 is 2.13. The number of fused-ring (bicyclic) bond motifs is 1. The zero-order valence-corrected chi connectivity index (χ0v) is 15.1. The van der Waals surface area contributed by atoms with Crippen LogP contribution in [-0.2, 0) is 6.54 Å². The van der Waals surface area contributed by atoms with Gasteiger partial charge in [0.15, 0.2) is 4.96 Å². The van der Waals surface area contributed by atoms with Gasteiger partial charge < -0.3 is 10.6 Å². The molecule has 2 N–H and O–H groups in total. The summed E-state index contributed by atoms with van der Waals surface area (Å²) in [4.78, 5) is 9.13. The zero-order chi connectivity index (χ0) is 17.4. The number of benzene rings is 2. The summed E-state index contributed by atoms with van der Waals surface area (Å²) in [5.41, 5.74) is 11.6. The van der Waals surface area contributed by atoms with E-state index in [0.29, 0.717) is 6.54 Å². The SMILES string of the molecule is CN(C)c1ccc(-c2nc3sc(-c4ccccc4)cn3c2CN)cc1.